The molecule has 2 heterocycles. The van der Waals surface area contributed by atoms with Crippen molar-refractivity contribution in [1.29, 1.82) is 5.26 Å². The lowest BCUT2D eigenvalue weighted by atomic mass is 10.00. The first-order valence-corrected chi connectivity index (χ1v) is 31.6. The molecular formula is C74H57BBr3N4O6S2. The highest BCUT2D eigenvalue weighted by molar-refractivity contribution is 9.11. The summed E-state index contributed by atoms with van der Waals surface area (Å²) in [7, 11) is 0.675. The van der Waals surface area contributed by atoms with E-state index in [-0.39, 0.29) is 17.1 Å². The number of benzene rings is 10. The van der Waals surface area contributed by atoms with Gasteiger partial charge in [0.15, 0.2) is 11.6 Å². The Morgan fingerprint density at radius 1 is 0.489 bits per heavy atom. The molecule has 12 aromatic rings. The van der Waals surface area contributed by atoms with Crippen LogP contribution in [0, 0.1) is 18.3 Å². The smallest absolute Gasteiger partial charge is 0.537 e. The Kier molecular flexibility index (Phi) is 27.3. The van der Waals surface area contributed by atoms with Gasteiger partial charge in [0.2, 0.25) is 0 Å². The maximum Gasteiger partial charge on any atom is 0.569 e. The molecule has 16 heteroatoms. The summed E-state index contributed by atoms with van der Waals surface area (Å²) in [5.41, 5.74) is 19.0. The molecule has 0 saturated heterocycles. The van der Waals surface area contributed by atoms with E-state index in [9.17, 15) is 19.5 Å². The Balaban J connectivity index is 0.000000161. The van der Waals surface area contributed by atoms with Crippen molar-refractivity contribution in [2.24, 2.45) is 5.73 Å². The molecule has 0 atom stereocenters. The summed E-state index contributed by atoms with van der Waals surface area (Å²) in [6.07, 6.45) is 1.46. The van der Waals surface area contributed by atoms with E-state index in [1.54, 1.807) is 55.5 Å². The first-order chi connectivity index (χ1) is 43.7. The lowest BCUT2D eigenvalue weighted by Crippen LogP contribution is -2.02. The van der Waals surface area contributed by atoms with E-state index in [2.05, 4.69) is 105 Å². The predicted molar refractivity (Wildman–Crippen MR) is 378 cm³/mol. The van der Waals surface area contributed by atoms with Gasteiger partial charge in [-0.1, -0.05) is 242 Å². The number of aromatic nitrogens is 2. The average Bonchev–Trinajstić information content (AvgIpc) is 2.03. The number of nitriles is 1. The normalized spacial score (nSPS) is 10.2. The summed E-state index contributed by atoms with van der Waals surface area (Å²) in [6, 6.07) is 90.6. The van der Waals surface area contributed by atoms with Crippen LogP contribution in [0.3, 0.4) is 0 Å². The molecule has 1 radical (unpaired) electrons. The van der Waals surface area contributed by atoms with Gasteiger partial charge in [-0.05, 0) is 155 Å². The summed E-state index contributed by atoms with van der Waals surface area (Å²) in [6.45, 7) is 3.53. The second-order valence-corrected chi connectivity index (χ2v) is 23.6. The molecule has 10 nitrogen and oxygen atoms in total. The molecule has 4 N–H and O–H groups in total. The van der Waals surface area contributed by atoms with Gasteiger partial charge in [-0.3, -0.25) is 9.59 Å². The fourth-order valence-electron chi connectivity index (χ4n) is 8.20. The van der Waals surface area contributed by atoms with Gasteiger partial charge in [0.25, 0.3) is 0 Å². The van der Waals surface area contributed by atoms with Crippen LogP contribution in [0.1, 0.15) is 54.7 Å². The van der Waals surface area contributed by atoms with Gasteiger partial charge in [0.1, 0.15) is 5.75 Å². The molecule has 445 valence electrons. The van der Waals surface area contributed by atoms with Gasteiger partial charge in [0.05, 0.1) is 38.3 Å². The van der Waals surface area contributed by atoms with Crippen molar-refractivity contribution in [2.45, 2.75) is 13.8 Å². The SMILES string of the molecule is Brc1cccc(-c2cc(-c3ccccc3)sn2)c1.CC(=O)c1ccccc1.Cc1cccc(O[B]O)c1.N#Cc1cccc(Br)c1.N/C(=C\C(=O)c1ccccc1)c1cccc(Br)c1.O=C(O)c1cccc(-c2cccc(-c3cc(-c4ccccc4)sn3)c2)c1. The van der Waals surface area contributed by atoms with Crippen LogP contribution in [0.25, 0.3) is 60.2 Å². The monoisotopic (exact) mass is 1410 g/mol. The molecule has 0 aliphatic heterocycles. The first-order valence-electron chi connectivity index (χ1n) is 27.6. The van der Waals surface area contributed by atoms with E-state index >= 15 is 0 Å². The summed E-state index contributed by atoms with van der Waals surface area (Å²) < 4.78 is 16.8. The number of allylic oxidation sites excluding steroid dienone is 1. The van der Waals surface area contributed by atoms with Gasteiger partial charge >= 0.3 is 13.7 Å². The molecule has 12 rings (SSSR count). The molecule has 0 aliphatic rings. The molecule has 0 amide bonds. The zero-order valence-corrected chi connectivity index (χ0v) is 55.0. The molecular weight excluding hydrogens is 1360 g/mol. The maximum absolute atomic E-state index is 11.9. The van der Waals surface area contributed by atoms with E-state index in [4.69, 9.17) is 20.7 Å². The third-order valence-electron chi connectivity index (χ3n) is 12.7. The lowest BCUT2D eigenvalue weighted by molar-refractivity contribution is 0.0696. The van der Waals surface area contributed by atoms with Crippen molar-refractivity contribution in [1.82, 2.24) is 8.75 Å². The third kappa shape index (κ3) is 22.3. The van der Waals surface area contributed by atoms with Gasteiger partial charge in [-0.25, -0.2) is 4.79 Å². The number of nitrogens with two attached hydrogens (primary N) is 1. The Morgan fingerprint density at radius 2 is 0.922 bits per heavy atom. The lowest BCUT2D eigenvalue weighted by Gasteiger charge is -2.05. The first kappa shape index (κ1) is 68.1. The number of carboxylic acid groups (broad SMARTS) is 1. The van der Waals surface area contributed by atoms with E-state index in [0.717, 1.165) is 74.2 Å². The molecule has 90 heavy (non-hydrogen) atoms. The molecule has 2 aromatic heterocycles. The van der Waals surface area contributed by atoms with E-state index in [1.807, 2.05) is 195 Å². The zero-order valence-electron chi connectivity index (χ0n) is 48.6. The van der Waals surface area contributed by atoms with E-state index in [0.29, 0.717) is 30.3 Å². The Hall–Kier alpha value is -9.44. The average molecular weight is 1410 g/mol. The number of nitrogens with zero attached hydrogens (tertiary/aromatic N) is 3. The van der Waals surface area contributed by atoms with Crippen molar-refractivity contribution < 1.29 is 29.2 Å². The standard InChI is InChI=1S/C22H15NO2S.C15H12BrNO.C15H10BrNS.C8H8O.C7H8BO2.C7H4BrN/c24-22(25)19-11-5-9-17(13-19)16-8-4-10-18(12-16)20-14-21(26-23-20)15-6-2-1-3-7-15;16-13-8-4-7-12(9-13)14(17)10-15(18)11-5-2-1-3-6-11;16-13-8-4-7-12(9-13)14-10-15(18-17-14)11-5-2-1-3-6-11;1-7(9)8-5-3-2-4-6-8;1-6-3-2-4-7(5-6)10-8-9;8-7-3-1-2-6(4-7)5-9/h1-14H,(H,24,25);1-10H,17H2;1-10H;2-6H,1H3;2-5,9H,1H3;1-4H/b;14-10-;;;;. The van der Waals surface area contributed by atoms with Gasteiger partial charge in [0, 0.05) is 47.4 Å². The highest BCUT2D eigenvalue weighted by atomic mass is 79.9. The fourth-order valence-corrected chi connectivity index (χ4v) is 10.9. The Morgan fingerprint density at radius 3 is 1.41 bits per heavy atom. The number of halogens is 3. The highest BCUT2D eigenvalue weighted by Gasteiger charge is 2.11. The van der Waals surface area contributed by atoms with Crippen molar-refractivity contribution in [3.63, 3.8) is 0 Å². The number of carbonyl (C=O) groups excluding carboxylic acids is 2. The molecule has 0 fully saturated rings. The third-order valence-corrected chi connectivity index (χ3v) is 15.8. The number of aryl methyl sites for hydroxylation is 1. The largest absolute Gasteiger partial charge is 0.569 e. The molecule has 0 saturated carbocycles. The maximum atomic E-state index is 11.9. The topological polar surface area (TPSA) is 176 Å². The second-order valence-electron chi connectivity index (χ2n) is 19.3. The van der Waals surface area contributed by atoms with Crippen molar-refractivity contribution >= 4 is 102 Å². The van der Waals surface area contributed by atoms with Crippen LogP contribution < -0.4 is 10.4 Å². The number of carbonyl (C=O) groups is 3. The van der Waals surface area contributed by atoms with Crippen LogP contribution in [-0.2, 0) is 0 Å². The van der Waals surface area contributed by atoms with Crippen LogP contribution in [0.4, 0.5) is 0 Å². The highest BCUT2D eigenvalue weighted by Crippen LogP contribution is 2.33. The van der Waals surface area contributed by atoms with Crippen molar-refractivity contribution in [3.05, 3.63) is 332 Å². The van der Waals surface area contributed by atoms with Gasteiger partial charge in [-0.2, -0.15) is 14.0 Å². The minimum absolute atomic E-state index is 0.0897. The number of Topliss-reactive ketones (excluding diaryl/α,β-unsaturated/α-hetero) is 1. The van der Waals surface area contributed by atoms with Crippen molar-refractivity contribution in [2.75, 3.05) is 0 Å². The van der Waals surface area contributed by atoms with Crippen LogP contribution in [0.5, 0.6) is 5.75 Å². The van der Waals surface area contributed by atoms with Crippen LogP contribution in [0.15, 0.2) is 299 Å². The molecule has 10 aromatic carbocycles. The number of rotatable bonds is 12. The number of hydrogen-bond acceptors (Lipinski definition) is 11. The number of hydrogen-bond donors (Lipinski definition) is 3. The van der Waals surface area contributed by atoms with Crippen LogP contribution in [-0.4, -0.2) is 44.1 Å². The number of ketones is 2. The molecule has 0 spiro atoms. The molecule has 0 aliphatic carbocycles. The summed E-state index contributed by atoms with van der Waals surface area (Å²) in [5, 5.41) is 25.8. The summed E-state index contributed by atoms with van der Waals surface area (Å²) in [5.74, 6) is -0.235. The van der Waals surface area contributed by atoms with Gasteiger partial charge < -0.3 is 20.5 Å². The number of aromatic carboxylic acids is 1. The number of carboxylic acids is 1. The summed E-state index contributed by atoms with van der Waals surface area (Å²) >= 11 is 13.1. The Labute approximate surface area is 558 Å². The van der Waals surface area contributed by atoms with E-state index < -0.39 is 5.97 Å². The quantitative estimate of drug-likeness (QED) is 0.0606. The van der Waals surface area contributed by atoms with E-state index in [1.165, 1.54) is 39.6 Å². The summed E-state index contributed by atoms with van der Waals surface area (Å²) in [4.78, 5) is 36.1. The van der Waals surface area contributed by atoms with Gasteiger partial charge in [-0.15, -0.1) is 0 Å². The minimum atomic E-state index is -0.921. The van der Waals surface area contributed by atoms with Crippen LogP contribution in [0.2, 0.25) is 0 Å². The second kappa shape index (κ2) is 36.1. The van der Waals surface area contributed by atoms with Crippen LogP contribution >= 0.6 is 70.9 Å². The fraction of sp³-hybridized carbons (Fsp3) is 0.0270. The molecule has 0 bridgehead atoms. The molecule has 0 unspecified atom stereocenters. The zero-order chi connectivity index (χ0) is 64.0. The minimum Gasteiger partial charge on any atom is -0.537 e. The van der Waals surface area contributed by atoms with Crippen molar-refractivity contribution in [3.8, 4) is 66.3 Å². The Bertz CT molecular complexity index is 4340. The predicted octanol–water partition coefficient (Wildman–Crippen LogP) is 19.8.